The third-order valence-corrected chi connectivity index (χ3v) is 3.76. The summed E-state index contributed by atoms with van der Waals surface area (Å²) < 4.78 is 0.935. The first-order valence-corrected chi connectivity index (χ1v) is 8.09. The van der Waals surface area contributed by atoms with Crippen LogP contribution in [0.1, 0.15) is 16.1 Å². The van der Waals surface area contributed by atoms with Crippen LogP contribution in [0.3, 0.4) is 0 Å². The molecule has 25 heavy (non-hydrogen) atoms. The van der Waals surface area contributed by atoms with Gasteiger partial charge < -0.3 is 10.6 Å². The Morgan fingerprint density at radius 3 is 2.56 bits per heavy atom. The summed E-state index contributed by atoms with van der Waals surface area (Å²) in [6.45, 7) is 0. The van der Waals surface area contributed by atoms with Crippen molar-refractivity contribution in [1.29, 1.82) is 5.26 Å². The maximum Gasteiger partial charge on any atom is 0.274 e. The molecule has 1 amide bonds. The second-order valence-corrected chi connectivity index (χ2v) is 5.98. The van der Waals surface area contributed by atoms with Gasteiger partial charge in [-0.3, -0.25) is 4.79 Å². The van der Waals surface area contributed by atoms with Gasteiger partial charge in [-0.05, 0) is 42.5 Å². The van der Waals surface area contributed by atoms with Gasteiger partial charge in [0.2, 0.25) is 0 Å². The van der Waals surface area contributed by atoms with E-state index in [1.807, 2.05) is 30.3 Å². The summed E-state index contributed by atoms with van der Waals surface area (Å²) in [5.74, 6) is 0.155. The lowest BCUT2D eigenvalue weighted by atomic mass is 10.2. The SMILES string of the molecule is N#Cc1ccc(NC(=O)c2cc(Nc3cccc(Br)c3)ncn2)cc1. The number of benzene rings is 2. The molecule has 0 spiro atoms. The summed E-state index contributed by atoms with van der Waals surface area (Å²) in [6.07, 6.45) is 1.33. The molecule has 7 heteroatoms. The minimum Gasteiger partial charge on any atom is -0.340 e. The summed E-state index contributed by atoms with van der Waals surface area (Å²) in [5.41, 5.74) is 2.19. The van der Waals surface area contributed by atoms with E-state index >= 15 is 0 Å². The van der Waals surface area contributed by atoms with Crippen molar-refractivity contribution in [3.05, 3.63) is 76.7 Å². The Morgan fingerprint density at radius 1 is 1.04 bits per heavy atom. The zero-order valence-corrected chi connectivity index (χ0v) is 14.5. The van der Waals surface area contributed by atoms with Crippen LogP contribution < -0.4 is 10.6 Å². The van der Waals surface area contributed by atoms with E-state index in [-0.39, 0.29) is 11.6 Å². The molecule has 0 unspecified atom stereocenters. The lowest BCUT2D eigenvalue weighted by Crippen LogP contribution is -2.14. The molecule has 0 aliphatic heterocycles. The minimum atomic E-state index is -0.357. The van der Waals surface area contributed by atoms with Gasteiger partial charge in [-0.15, -0.1) is 0 Å². The van der Waals surface area contributed by atoms with Crippen molar-refractivity contribution in [2.75, 3.05) is 10.6 Å². The summed E-state index contributed by atoms with van der Waals surface area (Å²) in [5, 5.41) is 14.7. The van der Waals surface area contributed by atoms with Crippen LogP contribution in [-0.2, 0) is 0 Å². The normalized spacial score (nSPS) is 9.92. The number of nitriles is 1. The number of hydrogen-bond acceptors (Lipinski definition) is 5. The van der Waals surface area contributed by atoms with E-state index in [1.165, 1.54) is 6.33 Å². The van der Waals surface area contributed by atoms with Gasteiger partial charge in [0.15, 0.2) is 0 Å². The number of hydrogen-bond donors (Lipinski definition) is 2. The lowest BCUT2D eigenvalue weighted by molar-refractivity contribution is 0.102. The molecule has 0 radical (unpaired) electrons. The highest BCUT2D eigenvalue weighted by atomic mass is 79.9. The van der Waals surface area contributed by atoms with Gasteiger partial charge >= 0.3 is 0 Å². The Bertz CT molecular complexity index is 950. The lowest BCUT2D eigenvalue weighted by Gasteiger charge is -2.08. The van der Waals surface area contributed by atoms with Crippen LogP contribution in [0.2, 0.25) is 0 Å². The van der Waals surface area contributed by atoms with Crippen molar-refractivity contribution in [2.24, 2.45) is 0 Å². The van der Waals surface area contributed by atoms with E-state index in [4.69, 9.17) is 5.26 Å². The molecule has 1 aromatic heterocycles. The molecule has 1 heterocycles. The highest BCUT2D eigenvalue weighted by molar-refractivity contribution is 9.10. The standard InChI is InChI=1S/C18H12BrN5O/c19-13-2-1-3-15(8-13)23-17-9-16(21-11-22-17)18(25)24-14-6-4-12(10-20)5-7-14/h1-9,11H,(H,24,25)(H,21,22,23). The Labute approximate surface area is 152 Å². The van der Waals surface area contributed by atoms with E-state index < -0.39 is 0 Å². The van der Waals surface area contributed by atoms with Gasteiger partial charge in [0.1, 0.15) is 17.8 Å². The van der Waals surface area contributed by atoms with Crippen LogP contribution in [0.4, 0.5) is 17.2 Å². The molecule has 0 saturated heterocycles. The van der Waals surface area contributed by atoms with Crippen molar-refractivity contribution >= 4 is 39.0 Å². The second kappa shape index (κ2) is 7.55. The molecule has 0 bridgehead atoms. The van der Waals surface area contributed by atoms with E-state index in [2.05, 4.69) is 36.5 Å². The number of halogens is 1. The van der Waals surface area contributed by atoms with Gasteiger partial charge in [0.25, 0.3) is 5.91 Å². The fraction of sp³-hybridized carbons (Fsp3) is 0. The molecule has 122 valence electrons. The van der Waals surface area contributed by atoms with Gasteiger partial charge in [-0.2, -0.15) is 5.26 Å². The zero-order chi connectivity index (χ0) is 17.6. The van der Waals surface area contributed by atoms with Crippen LogP contribution in [0.25, 0.3) is 0 Å². The predicted octanol–water partition coefficient (Wildman–Crippen LogP) is 4.11. The Balaban J connectivity index is 1.73. The van der Waals surface area contributed by atoms with E-state index in [9.17, 15) is 4.79 Å². The molecule has 3 rings (SSSR count). The van der Waals surface area contributed by atoms with Crippen molar-refractivity contribution in [3.63, 3.8) is 0 Å². The van der Waals surface area contributed by atoms with Crippen molar-refractivity contribution in [1.82, 2.24) is 9.97 Å². The number of aromatic nitrogens is 2. The first-order valence-electron chi connectivity index (χ1n) is 7.30. The minimum absolute atomic E-state index is 0.233. The molecule has 0 atom stereocenters. The maximum atomic E-state index is 12.3. The Kier molecular flexibility index (Phi) is 5.02. The molecule has 2 N–H and O–H groups in total. The molecule has 6 nitrogen and oxygen atoms in total. The highest BCUT2D eigenvalue weighted by Gasteiger charge is 2.09. The summed E-state index contributed by atoms with van der Waals surface area (Å²) in [7, 11) is 0. The number of anilines is 3. The number of carbonyl (C=O) groups is 1. The van der Waals surface area contributed by atoms with Gasteiger partial charge in [-0.25, -0.2) is 9.97 Å². The molecule has 2 aromatic carbocycles. The molecular formula is C18H12BrN5O. The summed E-state index contributed by atoms with van der Waals surface area (Å²) >= 11 is 3.40. The van der Waals surface area contributed by atoms with Crippen molar-refractivity contribution in [2.45, 2.75) is 0 Å². The van der Waals surface area contributed by atoms with Crippen LogP contribution >= 0.6 is 15.9 Å². The van der Waals surface area contributed by atoms with Gasteiger partial charge in [0, 0.05) is 21.9 Å². The topological polar surface area (TPSA) is 90.7 Å². The van der Waals surface area contributed by atoms with Crippen LogP contribution in [0.5, 0.6) is 0 Å². The fourth-order valence-electron chi connectivity index (χ4n) is 2.09. The first-order chi connectivity index (χ1) is 12.1. The van der Waals surface area contributed by atoms with E-state index in [0.29, 0.717) is 17.1 Å². The summed E-state index contributed by atoms with van der Waals surface area (Å²) in [6, 6.07) is 17.8. The van der Waals surface area contributed by atoms with E-state index in [0.717, 1.165) is 10.2 Å². The van der Waals surface area contributed by atoms with Crippen LogP contribution in [0, 0.1) is 11.3 Å². The highest BCUT2D eigenvalue weighted by Crippen LogP contribution is 2.19. The third kappa shape index (κ3) is 4.40. The molecule has 0 aliphatic carbocycles. The number of carbonyl (C=O) groups excluding carboxylic acids is 1. The monoisotopic (exact) mass is 393 g/mol. The fourth-order valence-corrected chi connectivity index (χ4v) is 2.49. The Hall–Kier alpha value is -3.24. The predicted molar refractivity (Wildman–Crippen MR) is 98.6 cm³/mol. The van der Waals surface area contributed by atoms with Crippen molar-refractivity contribution in [3.8, 4) is 6.07 Å². The average molecular weight is 394 g/mol. The second-order valence-electron chi connectivity index (χ2n) is 5.07. The van der Waals surface area contributed by atoms with Crippen molar-refractivity contribution < 1.29 is 4.79 Å². The summed E-state index contributed by atoms with van der Waals surface area (Å²) in [4.78, 5) is 20.5. The van der Waals surface area contributed by atoms with Gasteiger partial charge in [-0.1, -0.05) is 22.0 Å². The molecule has 3 aromatic rings. The van der Waals surface area contributed by atoms with Gasteiger partial charge in [0.05, 0.1) is 11.6 Å². The quantitative estimate of drug-likeness (QED) is 0.695. The molecular weight excluding hydrogens is 382 g/mol. The van der Waals surface area contributed by atoms with Crippen LogP contribution in [-0.4, -0.2) is 15.9 Å². The van der Waals surface area contributed by atoms with E-state index in [1.54, 1.807) is 30.3 Å². The largest absolute Gasteiger partial charge is 0.340 e. The first kappa shape index (κ1) is 16.6. The Morgan fingerprint density at radius 2 is 1.84 bits per heavy atom. The molecule has 0 aliphatic rings. The average Bonchev–Trinajstić information content (AvgIpc) is 2.62. The van der Waals surface area contributed by atoms with Crippen LogP contribution in [0.15, 0.2) is 65.4 Å². The number of nitrogens with one attached hydrogen (secondary N) is 2. The maximum absolute atomic E-state index is 12.3. The zero-order valence-electron chi connectivity index (χ0n) is 12.9. The third-order valence-electron chi connectivity index (χ3n) is 3.27. The number of nitrogens with zero attached hydrogens (tertiary/aromatic N) is 3. The number of amides is 1. The number of rotatable bonds is 4. The molecule has 0 fully saturated rings. The molecule has 0 saturated carbocycles. The smallest absolute Gasteiger partial charge is 0.274 e.